The number of carbonyl (C=O) groups is 1. The molecular formula is C20H24N2O6S. The minimum Gasteiger partial charge on any atom is -0.497 e. The number of methoxy groups -OCH3 is 2. The van der Waals surface area contributed by atoms with Crippen molar-refractivity contribution in [3.63, 3.8) is 0 Å². The topological polar surface area (TPSA) is 94.2 Å². The van der Waals surface area contributed by atoms with Gasteiger partial charge in [-0.05, 0) is 49.2 Å². The number of nitrogens with zero attached hydrogens (tertiary/aromatic N) is 1. The second-order valence-electron chi connectivity index (χ2n) is 6.49. The highest BCUT2D eigenvalue weighted by molar-refractivity contribution is 7.89. The van der Waals surface area contributed by atoms with Crippen molar-refractivity contribution in [3.05, 3.63) is 42.5 Å². The number of rotatable bonds is 8. The lowest BCUT2D eigenvalue weighted by molar-refractivity contribution is -0.118. The maximum atomic E-state index is 12.5. The Hall–Kier alpha value is -2.78. The number of benzene rings is 2. The van der Waals surface area contributed by atoms with Gasteiger partial charge in [0, 0.05) is 19.2 Å². The molecule has 156 valence electrons. The predicted molar refractivity (Wildman–Crippen MR) is 108 cm³/mol. The molecule has 1 saturated heterocycles. The number of amides is 1. The number of carbonyl (C=O) groups excluding carboxylic acids is 1. The smallest absolute Gasteiger partial charge is 0.262 e. The van der Waals surface area contributed by atoms with Gasteiger partial charge >= 0.3 is 0 Å². The van der Waals surface area contributed by atoms with Crippen LogP contribution >= 0.6 is 0 Å². The van der Waals surface area contributed by atoms with Crippen LogP contribution in [0.15, 0.2) is 47.4 Å². The van der Waals surface area contributed by atoms with E-state index in [2.05, 4.69) is 5.32 Å². The Bertz CT molecular complexity index is 953. The second-order valence-corrected chi connectivity index (χ2v) is 8.42. The number of hydrogen-bond donors (Lipinski definition) is 1. The van der Waals surface area contributed by atoms with Crippen LogP contribution in [0, 0.1) is 0 Å². The number of sulfonamides is 1. The summed E-state index contributed by atoms with van der Waals surface area (Å²) in [6.07, 6.45) is 1.77. The van der Waals surface area contributed by atoms with Crippen molar-refractivity contribution >= 4 is 21.6 Å². The average molecular weight is 420 g/mol. The van der Waals surface area contributed by atoms with Crippen LogP contribution in [0.4, 0.5) is 5.69 Å². The normalized spacial score (nSPS) is 14.4. The molecule has 1 aliphatic heterocycles. The Kier molecular flexibility index (Phi) is 6.60. The molecule has 0 unspecified atom stereocenters. The Balaban J connectivity index is 1.58. The van der Waals surface area contributed by atoms with E-state index >= 15 is 0 Å². The summed E-state index contributed by atoms with van der Waals surface area (Å²) in [5, 5.41) is 2.71. The van der Waals surface area contributed by atoms with Crippen molar-refractivity contribution in [1.82, 2.24) is 4.31 Å². The van der Waals surface area contributed by atoms with Gasteiger partial charge in [-0.3, -0.25) is 4.79 Å². The summed E-state index contributed by atoms with van der Waals surface area (Å²) in [7, 11) is -0.424. The third kappa shape index (κ3) is 4.99. The Morgan fingerprint density at radius 3 is 2.28 bits per heavy atom. The van der Waals surface area contributed by atoms with Crippen molar-refractivity contribution in [1.29, 1.82) is 0 Å². The summed E-state index contributed by atoms with van der Waals surface area (Å²) >= 11 is 0. The van der Waals surface area contributed by atoms with Crippen LogP contribution < -0.4 is 19.5 Å². The maximum Gasteiger partial charge on any atom is 0.262 e. The van der Waals surface area contributed by atoms with Gasteiger partial charge in [0.15, 0.2) is 6.61 Å². The first-order chi connectivity index (χ1) is 13.9. The fraction of sp³-hybridized carbons (Fsp3) is 0.350. The largest absolute Gasteiger partial charge is 0.497 e. The number of anilines is 1. The predicted octanol–water partition coefficient (Wildman–Crippen LogP) is 2.51. The molecule has 0 saturated carbocycles. The molecule has 1 heterocycles. The molecule has 0 aromatic heterocycles. The minimum absolute atomic E-state index is 0.221. The molecule has 9 heteroatoms. The van der Waals surface area contributed by atoms with E-state index in [4.69, 9.17) is 14.2 Å². The molecule has 0 spiro atoms. The monoisotopic (exact) mass is 420 g/mol. The van der Waals surface area contributed by atoms with Crippen LogP contribution in [-0.4, -0.2) is 52.5 Å². The van der Waals surface area contributed by atoms with Crippen LogP contribution in [0.3, 0.4) is 0 Å². The van der Waals surface area contributed by atoms with Crippen molar-refractivity contribution in [2.24, 2.45) is 0 Å². The van der Waals surface area contributed by atoms with Gasteiger partial charge in [0.2, 0.25) is 10.0 Å². The van der Waals surface area contributed by atoms with Gasteiger partial charge in [0.1, 0.15) is 17.2 Å². The molecule has 0 bridgehead atoms. The van der Waals surface area contributed by atoms with Crippen molar-refractivity contribution in [2.75, 3.05) is 39.2 Å². The highest BCUT2D eigenvalue weighted by Crippen LogP contribution is 2.29. The Morgan fingerprint density at radius 1 is 1.00 bits per heavy atom. The van der Waals surface area contributed by atoms with Gasteiger partial charge in [0.05, 0.1) is 24.8 Å². The lowest BCUT2D eigenvalue weighted by Crippen LogP contribution is -2.27. The number of ether oxygens (including phenoxy) is 3. The van der Waals surface area contributed by atoms with Crippen LogP contribution in [-0.2, 0) is 14.8 Å². The second kappa shape index (κ2) is 9.15. The van der Waals surface area contributed by atoms with Gasteiger partial charge in [0.25, 0.3) is 5.91 Å². The lowest BCUT2D eigenvalue weighted by Gasteiger charge is -2.15. The summed E-state index contributed by atoms with van der Waals surface area (Å²) in [5.41, 5.74) is 0.494. The highest BCUT2D eigenvalue weighted by Gasteiger charge is 2.26. The van der Waals surface area contributed by atoms with E-state index in [9.17, 15) is 13.2 Å². The fourth-order valence-corrected chi connectivity index (χ4v) is 4.54. The van der Waals surface area contributed by atoms with Crippen LogP contribution in [0.5, 0.6) is 17.2 Å². The zero-order chi connectivity index (χ0) is 20.9. The molecule has 3 rings (SSSR count). The van der Waals surface area contributed by atoms with Gasteiger partial charge in [-0.2, -0.15) is 4.31 Å². The van der Waals surface area contributed by atoms with E-state index in [0.717, 1.165) is 12.8 Å². The highest BCUT2D eigenvalue weighted by atomic mass is 32.2. The number of hydrogen-bond acceptors (Lipinski definition) is 6. The van der Waals surface area contributed by atoms with Crippen LogP contribution in [0.1, 0.15) is 12.8 Å². The van der Waals surface area contributed by atoms with E-state index in [1.54, 1.807) is 37.4 Å². The summed E-state index contributed by atoms with van der Waals surface area (Å²) in [4.78, 5) is 12.4. The zero-order valence-electron chi connectivity index (χ0n) is 16.4. The quantitative estimate of drug-likeness (QED) is 0.705. The van der Waals surface area contributed by atoms with Crippen LogP contribution in [0.2, 0.25) is 0 Å². The molecule has 29 heavy (non-hydrogen) atoms. The van der Waals surface area contributed by atoms with Crippen molar-refractivity contribution in [2.45, 2.75) is 17.7 Å². The average Bonchev–Trinajstić information content (AvgIpc) is 3.29. The summed E-state index contributed by atoms with van der Waals surface area (Å²) < 4.78 is 42.4. The van der Waals surface area contributed by atoms with Crippen molar-refractivity contribution in [3.8, 4) is 17.2 Å². The Labute approximate surface area is 170 Å². The van der Waals surface area contributed by atoms with Gasteiger partial charge in [-0.1, -0.05) is 0 Å². The molecule has 0 aliphatic carbocycles. The third-order valence-electron chi connectivity index (χ3n) is 4.58. The van der Waals surface area contributed by atoms with Crippen molar-refractivity contribution < 1.29 is 27.4 Å². The molecule has 2 aromatic rings. The molecule has 8 nitrogen and oxygen atoms in total. The fourth-order valence-electron chi connectivity index (χ4n) is 3.02. The SMILES string of the molecule is COc1ccc(NC(=O)COc2ccc(S(=O)(=O)N3CCCC3)cc2)c(OC)c1. The first-order valence-electron chi connectivity index (χ1n) is 9.19. The minimum atomic E-state index is -3.47. The summed E-state index contributed by atoms with van der Waals surface area (Å²) in [6, 6.07) is 11.1. The van der Waals surface area contributed by atoms with E-state index < -0.39 is 10.0 Å². The van der Waals surface area contributed by atoms with Gasteiger partial charge in [-0.15, -0.1) is 0 Å². The molecule has 1 aliphatic rings. The van der Waals surface area contributed by atoms with E-state index in [1.807, 2.05) is 0 Å². The summed E-state index contributed by atoms with van der Waals surface area (Å²) in [6.45, 7) is 0.874. The molecule has 2 aromatic carbocycles. The molecule has 0 atom stereocenters. The van der Waals surface area contributed by atoms with Gasteiger partial charge in [-0.25, -0.2) is 8.42 Å². The van der Waals surface area contributed by atoms with Gasteiger partial charge < -0.3 is 19.5 Å². The lowest BCUT2D eigenvalue weighted by atomic mass is 10.2. The number of nitrogens with one attached hydrogen (secondary N) is 1. The molecule has 1 amide bonds. The first-order valence-corrected chi connectivity index (χ1v) is 10.6. The van der Waals surface area contributed by atoms with E-state index in [0.29, 0.717) is 36.0 Å². The first kappa shape index (κ1) is 20.9. The molecule has 0 radical (unpaired) electrons. The molecule has 1 fully saturated rings. The maximum absolute atomic E-state index is 12.5. The zero-order valence-corrected chi connectivity index (χ0v) is 17.2. The molecule has 1 N–H and O–H groups in total. The van der Waals surface area contributed by atoms with Crippen LogP contribution in [0.25, 0.3) is 0 Å². The third-order valence-corrected chi connectivity index (χ3v) is 6.49. The van der Waals surface area contributed by atoms with E-state index in [-0.39, 0.29) is 17.4 Å². The standard InChI is InChI=1S/C20H24N2O6S/c1-26-16-7-10-18(19(13-16)27-2)21-20(23)14-28-15-5-8-17(9-6-15)29(24,25)22-11-3-4-12-22/h5-10,13H,3-4,11-12,14H2,1-2H3,(H,21,23). The Morgan fingerprint density at radius 2 is 1.66 bits per heavy atom. The van der Waals surface area contributed by atoms with E-state index in [1.165, 1.54) is 23.5 Å². The molecular weight excluding hydrogens is 396 g/mol. The summed E-state index contributed by atoms with van der Waals surface area (Å²) in [5.74, 6) is 1.11.